The molecule has 0 aromatic carbocycles. The van der Waals surface area contributed by atoms with E-state index in [0.717, 1.165) is 12.8 Å². The molecule has 0 radical (unpaired) electrons. The van der Waals surface area contributed by atoms with E-state index in [1.807, 2.05) is 0 Å². The van der Waals surface area contributed by atoms with Gasteiger partial charge in [0.1, 0.15) is 12.2 Å². The highest BCUT2D eigenvalue weighted by Crippen LogP contribution is 2.35. The first kappa shape index (κ1) is 12.9. The van der Waals surface area contributed by atoms with Gasteiger partial charge in [0, 0.05) is 12.5 Å². The Labute approximate surface area is 89.0 Å². The second kappa shape index (κ2) is 5.23. The van der Waals surface area contributed by atoms with E-state index in [2.05, 4.69) is 0 Å². The average molecular weight is 220 g/mol. The summed E-state index contributed by atoms with van der Waals surface area (Å²) in [5.74, 6) is -0.493. The van der Waals surface area contributed by atoms with Gasteiger partial charge in [-0.1, -0.05) is 6.92 Å². The van der Waals surface area contributed by atoms with E-state index >= 15 is 0 Å². The van der Waals surface area contributed by atoms with Crippen LogP contribution in [0.4, 0.5) is 0 Å². The molecule has 5 N–H and O–H groups in total. The first-order valence-electron chi connectivity index (χ1n) is 5.32. The Morgan fingerprint density at radius 3 is 1.93 bits per heavy atom. The normalized spacial score (nSPS) is 26.8. The lowest BCUT2D eigenvalue weighted by Gasteiger charge is -2.29. The molecule has 0 heterocycles. The average Bonchev–Trinajstić information content (AvgIpc) is 3.07. The molecule has 0 spiro atoms. The van der Waals surface area contributed by atoms with Crippen molar-refractivity contribution in [1.82, 2.24) is 0 Å². The smallest absolute Gasteiger partial charge is 0.109 e. The molecular formula is C10H20O5. The number of aliphatic hydroxyl groups is 5. The molecular weight excluding hydrogens is 200 g/mol. The highest BCUT2D eigenvalue weighted by Gasteiger charge is 2.40. The van der Waals surface area contributed by atoms with E-state index in [4.69, 9.17) is 5.11 Å². The van der Waals surface area contributed by atoms with Crippen molar-refractivity contribution in [2.24, 2.45) is 11.8 Å². The van der Waals surface area contributed by atoms with E-state index < -0.39 is 30.3 Å². The maximum Gasteiger partial charge on any atom is 0.109 e. The van der Waals surface area contributed by atoms with Gasteiger partial charge < -0.3 is 25.5 Å². The largest absolute Gasteiger partial charge is 0.396 e. The summed E-state index contributed by atoms with van der Waals surface area (Å²) in [6.45, 7) is 1.29. The Morgan fingerprint density at radius 2 is 1.53 bits per heavy atom. The van der Waals surface area contributed by atoms with Gasteiger partial charge in [-0.05, 0) is 18.8 Å². The number of hydrogen-bond acceptors (Lipinski definition) is 5. The second-order valence-electron chi connectivity index (χ2n) is 4.46. The molecule has 1 aliphatic rings. The molecule has 1 fully saturated rings. The third-order valence-electron chi connectivity index (χ3n) is 3.03. The van der Waals surface area contributed by atoms with E-state index in [-0.39, 0.29) is 12.5 Å². The van der Waals surface area contributed by atoms with Gasteiger partial charge in [0.15, 0.2) is 0 Å². The Hall–Kier alpha value is -0.200. The maximum absolute atomic E-state index is 9.57. The van der Waals surface area contributed by atoms with Crippen LogP contribution in [0.2, 0.25) is 0 Å². The van der Waals surface area contributed by atoms with Crippen molar-refractivity contribution in [1.29, 1.82) is 0 Å². The fraction of sp³-hybridized carbons (Fsp3) is 1.00. The molecule has 5 atom stereocenters. The summed E-state index contributed by atoms with van der Waals surface area (Å²) in [6.07, 6.45) is -3.28. The van der Waals surface area contributed by atoms with Crippen LogP contribution >= 0.6 is 0 Å². The fourth-order valence-corrected chi connectivity index (χ4v) is 1.57. The summed E-state index contributed by atoms with van der Waals surface area (Å²) in [6, 6.07) is 0. The van der Waals surface area contributed by atoms with Crippen molar-refractivity contribution >= 4 is 0 Å². The standard InChI is InChI=1S/C10H20O5/c1-5(4-11)7(12)9(14)10(15)8(13)6-2-3-6/h5-15H,2-4H2,1H3. The van der Waals surface area contributed by atoms with Crippen LogP contribution in [0.1, 0.15) is 19.8 Å². The van der Waals surface area contributed by atoms with Crippen LogP contribution < -0.4 is 0 Å². The SMILES string of the molecule is CC(CO)C(O)C(O)C(O)C(O)C1CC1. The summed E-state index contributed by atoms with van der Waals surface area (Å²) in [5, 5.41) is 47.0. The van der Waals surface area contributed by atoms with Gasteiger partial charge in [-0.15, -0.1) is 0 Å². The predicted octanol–water partition coefficient (Wildman–Crippen LogP) is -1.53. The van der Waals surface area contributed by atoms with E-state index in [1.165, 1.54) is 0 Å². The van der Waals surface area contributed by atoms with Crippen molar-refractivity contribution in [3.05, 3.63) is 0 Å². The molecule has 0 saturated heterocycles. The minimum atomic E-state index is -1.41. The lowest BCUT2D eigenvalue weighted by molar-refractivity contribution is -0.125. The molecule has 1 aliphatic carbocycles. The lowest BCUT2D eigenvalue weighted by Crippen LogP contribution is -2.48. The van der Waals surface area contributed by atoms with Crippen LogP contribution in [0.5, 0.6) is 0 Å². The molecule has 0 aromatic rings. The summed E-state index contributed by atoms with van der Waals surface area (Å²) in [4.78, 5) is 0. The van der Waals surface area contributed by atoms with E-state index in [1.54, 1.807) is 6.92 Å². The van der Waals surface area contributed by atoms with Crippen LogP contribution in [0.3, 0.4) is 0 Å². The number of rotatable bonds is 6. The summed E-state index contributed by atoms with van der Waals surface area (Å²) in [5.41, 5.74) is 0. The van der Waals surface area contributed by atoms with Gasteiger partial charge in [-0.2, -0.15) is 0 Å². The van der Waals surface area contributed by atoms with Gasteiger partial charge in [0.25, 0.3) is 0 Å². The van der Waals surface area contributed by atoms with Crippen molar-refractivity contribution in [3.63, 3.8) is 0 Å². The highest BCUT2D eigenvalue weighted by molar-refractivity contribution is 4.91. The molecule has 15 heavy (non-hydrogen) atoms. The molecule has 5 unspecified atom stereocenters. The topological polar surface area (TPSA) is 101 Å². The zero-order valence-corrected chi connectivity index (χ0v) is 8.82. The van der Waals surface area contributed by atoms with Gasteiger partial charge in [-0.3, -0.25) is 0 Å². The third-order valence-corrected chi connectivity index (χ3v) is 3.03. The van der Waals surface area contributed by atoms with E-state index in [0.29, 0.717) is 0 Å². The minimum Gasteiger partial charge on any atom is -0.396 e. The summed E-state index contributed by atoms with van der Waals surface area (Å²) >= 11 is 0. The zero-order chi connectivity index (χ0) is 11.6. The van der Waals surface area contributed by atoms with Gasteiger partial charge >= 0.3 is 0 Å². The Kier molecular flexibility index (Phi) is 4.48. The quantitative estimate of drug-likeness (QED) is 0.374. The third kappa shape index (κ3) is 3.12. The van der Waals surface area contributed by atoms with Crippen molar-refractivity contribution in [3.8, 4) is 0 Å². The highest BCUT2D eigenvalue weighted by atomic mass is 16.4. The Morgan fingerprint density at radius 1 is 1.00 bits per heavy atom. The molecule has 5 heteroatoms. The molecule has 0 aliphatic heterocycles. The van der Waals surface area contributed by atoms with Crippen LogP contribution in [-0.4, -0.2) is 56.6 Å². The Bertz CT molecular complexity index is 194. The molecule has 0 bridgehead atoms. The first-order chi connectivity index (χ1) is 6.99. The van der Waals surface area contributed by atoms with Gasteiger partial charge in [0.05, 0.1) is 12.2 Å². The molecule has 5 nitrogen and oxygen atoms in total. The first-order valence-corrected chi connectivity index (χ1v) is 5.32. The molecule has 90 valence electrons. The van der Waals surface area contributed by atoms with Crippen LogP contribution in [0.25, 0.3) is 0 Å². The lowest BCUT2D eigenvalue weighted by atomic mass is 9.93. The summed E-state index contributed by atoms with van der Waals surface area (Å²) < 4.78 is 0. The van der Waals surface area contributed by atoms with Gasteiger partial charge in [0.2, 0.25) is 0 Å². The maximum atomic E-state index is 9.57. The second-order valence-corrected chi connectivity index (χ2v) is 4.46. The van der Waals surface area contributed by atoms with Crippen LogP contribution in [0, 0.1) is 11.8 Å². The van der Waals surface area contributed by atoms with Gasteiger partial charge in [-0.25, -0.2) is 0 Å². The van der Waals surface area contributed by atoms with Crippen molar-refractivity contribution < 1.29 is 25.5 Å². The zero-order valence-electron chi connectivity index (χ0n) is 8.82. The molecule has 0 aromatic heterocycles. The Balaban J connectivity index is 2.46. The van der Waals surface area contributed by atoms with E-state index in [9.17, 15) is 20.4 Å². The number of aliphatic hydroxyl groups excluding tert-OH is 5. The molecule has 0 amide bonds. The summed E-state index contributed by atoms with van der Waals surface area (Å²) in [7, 11) is 0. The van der Waals surface area contributed by atoms with Crippen molar-refractivity contribution in [2.75, 3.05) is 6.61 Å². The predicted molar refractivity (Wildman–Crippen MR) is 53.0 cm³/mol. The monoisotopic (exact) mass is 220 g/mol. The van der Waals surface area contributed by atoms with Crippen molar-refractivity contribution in [2.45, 2.75) is 44.2 Å². The molecule has 1 rings (SSSR count). The minimum absolute atomic E-state index is 0.0336. The molecule has 1 saturated carbocycles. The van der Waals surface area contributed by atoms with Crippen LogP contribution in [-0.2, 0) is 0 Å². The van der Waals surface area contributed by atoms with Crippen LogP contribution in [0.15, 0.2) is 0 Å². The number of hydrogen-bond donors (Lipinski definition) is 5. The fourth-order valence-electron chi connectivity index (χ4n) is 1.57.